The maximum absolute atomic E-state index is 6.61. The molecule has 1 heterocycles. The SMILES string of the molecule is c1ccc(-c2ccc(N(c3ccc(C4(c5ccccc5)c5ccccc5-c5ccccc54)cc3)c3ccc4oc5ccccc5c4c3-c3cccc(-c4ccccc4)c3)cc2)cc1. The summed E-state index contributed by atoms with van der Waals surface area (Å²) < 4.78 is 6.61. The monoisotopic (exact) mass is 803 g/mol. The summed E-state index contributed by atoms with van der Waals surface area (Å²) in [5.74, 6) is 0. The average Bonchev–Trinajstić information content (AvgIpc) is 3.89. The van der Waals surface area contributed by atoms with Crippen LogP contribution in [0.5, 0.6) is 0 Å². The van der Waals surface area contributed by atoms with Gasteiger partial charge in [-0.2, -0.15) is 0 Å². The maximum atomic E-state index is 6.61. The van der Waals surface area contributed by atoms with Crippen LogP contribution in [-0.4, -0.2) is 0 Å². The second-order valence-electron chi connectivity index (χ2n) is 16.4. The Morgan fingerprint density at radius 3 is 1.49 bits per heavy atom. The number of hydrogen-bond acceptors (Lipinski definition) is 2. The Morgan fingerprint density at radius 2 is 0.825 bits per heavy atom. The number of hydrogen-bond donors (Lipinski definition) is 0. The van der Waals surface area contributed by atoms with Gasteiger partial charge in [-0.3, -0.25) is 0 Å². The summed E-state index contributed by atoms with van der Waals surface area (Å²) in [4.78, 5) is 2.43. The van der Waals surface area contributed by atoms with Crippen LogP contribution in [0.15, 0.2) is 253 Å². The molecule has 0 amide bonds. The molecule has 2 heteroatoms. The van der Waals surface area contributed by atoms with E-state index in [2.05, 4.69) is 248 Å². The van der Waals surface area contributed by atoms with E-state index in [1.54, 1.807) is 0 Å². The lowest BCUT2D eigenvalue weighted by molar-refractivity contribution is 0.669. The van der Waals surface area contributed by atoms with E-state index in [0.717, 1.165) is 55.7 Å². The molecule has 63 heavy (non-hydrogen) atoms. The van der Waals surface area contributed by atoms with Gasteiger partial charge >= 0.3 is 0 Å². The molecule has 1 aliphatic carbocycles. The zero-order valence-electron chi connectivity index (χ0n) is 34.5. The van der Waals surface area contributed by atoms with Crippen LogP contribution in [0, 0.1) is 0 Å². The summed E-state index contributed by atoms with van der Waals surface area (Å²) in [5, 5.41) is 2.19. The second-order valence-corrected chi connectivity index (χ2v) is 16.4. The molecule has 0 radical (unpaired) electrons. The number of fused-ring (bicyclic) bond motifs is 6. The summed E-state index contributed by atoms with van der Waals surface area (Å²) in [6.45, 7) is 0. The van der Waals surface area contributed by atoms with E-state index in [-0.39, 0.29) is 0 Å². The molecule has 0 unspecified atom stereocenters. The van der Waals surface area contributed by atoms with Crippen LogP contribution in [0.25, 0.3) is 66.4 Å². The number of nitrogens with zero attached hydrogens (tertiary/aromatic N) is 1. The number of benzene rings is 10. The van der Waals surface area contributed by atoms with Gasteiger partial charge in [-0.05, 0) is 110 Å². The highest BCUT2D eigenvalue weighted by Gasteiger charge is 2.45. The largest absolute Gasteiger partial charge is 0.456 e. The molecule has 0 aliphatic heterocycles. The van der Waals surface area contributed by atoms with Crippen LogP contribution < -0.4 is 4.90 Å². The molecular formula is C61H41NO. The Morgan fingerprint density at radius 1 is 0.333 bits per heavy atom. The van der Waals surface area contributed by atoms with Crippen molar-refractivity contribution in [3.05, 3.63) is 271 Å². The Kier molecular flexibility index (Phi) is 8.76. The highest BCUT2D eigenvalue weighted by Crippen LogP contribution is 2.56. The lowest BCUT2D eigenvalue weighted by Gasteiger charge is -2.34. The molecule has 0 saturated heterocycles. The topological polar surface area (TPSA) is 16.4 Å². The molecule has 296 valence electrons. The molecule has 0 fully saturated rings. The van der Waals surface area contributed by atoms with Gasteiger partial charge in [0.25, 0.3) is 0 Å². The van der Waals surface area contributed by atoms with E-state index in [0.29, 0.717) is 0 Å². The minimum Gasteiger partial charge on any atom is -0.456 e. The summed E-state index contributed by atoms with van der Waals surface area (Å²) in [5.41, 5.74) is 19.0. The summed E-state index contributed by atoms with van der Waals surface area (Å²) in [7, 11) is 0. The van der Waals surface area contributed by atoms with Crippen LogP contribution >= 0.6 is 0 Å². The predicted octanol–water partition coefficient (Wildman–Crippen LogP) is 16.4. The molecule has 0 N–H and O–H groups in total. The molecule has 1 aromatic heterocycles. The minimum atomic E-state index is -0.493. The van der Waals surface area contributed by atoms with Crippen LogP contribution in [0.4, 0.5) is 17.1 Å². The highest BCUT2D eigenvalue weighted by molar-refractivity contribution is 6.16. The van der Waals surface area contributed by atoms with Crippen molar-refractivity contribution in [1.29, 1.82) is 0 Å². The fourth-order valence-corrected chi connectivity index (χ4v) is 10.2. The van der Waals surface area contributed by atoms with E-state index in [4.69, 9.17) is 4.42 Å². The number of rotatable bonds is 8. The van der Waals surface area contributed by atoms with Crippen molar-refractivity contribution in [2.24, 2.45) is 0 Å². The van der Waals surface area contributed by atoms with Gasteiger partial charge < -0.3 is 9.32 Å². The Labute approximate surface area is 367 Å². The van der Waals surface area contributed by atoms with E-state index in [1.165, 1.54) is 50.1 Å². The van der Waals surface area contributed by atoms with Crippen LogP contribution in [0.1, 0.15) is 22.3 Å². The first-order valence-electron chi connectivity index (χ1n) is 21.7. The van der Waals surface area contributed by atoms with Crippen molar-refractivity contribution in [1.82, 2.24) is 0 Å². The number of furan rings is 1. The third-order valence-corrected chi connectivity index (χ3v) is 13.0. The van der Waals surface area contributed by atoms with Crippen molar-refractivity contribution in [3.63, 3.8) is 0 Å². The minimum absolute atomic E-state index is 0.493. The van der Waals surface area contributed by atoms with Crippen molar-refractivity contribution in [2.45, 2.75) is 5.41 Å². The number of para-hydroxylation sites is 1. The highest BCUT2D eigenvalue weighted by atomic mass is 16.3. The van der Waals surface area contributed by atoms with Crippen LogP contribution in [-0.2, 0) is 5.41 Å². The first kappa shape index (κ1) is 36.6. The van der Waals surface area contributed by atoms with Crippen molar-refractivity contribution >= 4 is 39.0 Å². The van der Waals surface area contributed by atoms with Gasteiger partial charge in [-0.15, -0.1) is 0 Å². The Hall–Kier alpha value is -8.20. The van der Waals surface area contributed by atoms with Gasteiger partial charge in [0.15, 0.2) is 0 Å². The van der Waals surface area contributed by atoms with Crippen LogP contribution in [0.2, 0.25) is 0 Å². The van der Waals surface area contributed by atoms with Crippen LogP contribution in [0.3, 0.4) is 0 Å². The van der Waals surface area contributed by atoms with E-state index in [9.17, 15) is 0 Å². The summed E-state index contributed by atoms with van der Waals surface area (Å²) >= 11 is 0. The molecule has 0 bridgehead atoms. The molecular weight excluding hydrogens is 763 g/mol. The number of anilines is 3. The first-order chi connectivity index (χ1) is 31.3. The quantitative estimate of drug-likeness (QED) is 0.152. The fraction of sp³-hybridized carbons (Fsp3) is 0.0164. The van der Waals surface area contributed by atoms with Gasteiger partial charge in [-0.25, -0.2) is 0 Å². The third-order valence-electron chi connectivity index (χ3n) is 13.0. The molecule has 2 nitrogen and oxygen atoms in total. The van der Waals surface area contributed by atoms with Crippen molar-refractivity contribution in [2.75, 3.05) is 4.90 Å². The van der Waals surface area contributed by atoms with Gasteiger partial charge in [0.1, 0.15) is 11.2 Å². The van der Waals surface area contributed by atoms with Crippen molar-refractivity contribution < 1.29 is 4.42 Å². The second kappa shape index (κ2) is 15.1. The molecule has 10 aromatic carbocycles. The van der Waals surface area contributed by atoms with Crippen molar-refractivity contribution in [3.8, 4) is 44.5 Å². The Bertz CT molecular complexity index is 3380. The zero-order valence-corrected chi connectivity index (χ0v) is 34.5. The zero-order chi connectivity index (χ0) is 41.7. The molecule has 0 spiro atoms. The maximum Gasteiger partial charge on any atom is 0.136 e. The smallest absolute Gasteiger partial charge is 0.136 e. The lowest BCUT2D eigenvalue weighted by Crippen LogP contribution is -2.28. The molecule has 11 aromatic rings. The van der Waals surface area contributed by atoms with E-state index in [1.807, 2.05) is 6.07 Å². The third kappa shape index (κ3) is 5.95. The van der Waals surface area contributed by atoms with Gasteiger partial charge in [-0.1, -0.05) is 200 Å². The summed E-state index contributed by atoms with van der Waals surface area (Å²) in [6.07, 6.45) is 0. The molecule has 0 atom stereocenters. The standard InChI is InChI=1S/C61H41NO/c1-4-17-42(18-5-1)44-31-35-49(36-32-44)62(50-37-33-48(34-38-50)61(47-23-8-3-9-24-47)54-28-13-10-25-51(54)52-26-11-14-29-55(52)61)56-39-40-58-60(53-27-12-15-30-57(53)63-58)59(56)46-22-16-21-45(41-46)43-19-6-2-7-20-43/h1-41H. The fourth-order valence-electron chi connectivity index (χ4n) is 10.2. The van der Waals surface area contributed by atoms with Gasteiger partial charge in [0.2, 0.25) is 0 Å². The predicted molar refractivity (Wildman–Crippen MR) is 262 cm³/mol. The summed E-state index contributed by atoms with van der Waals surface area (Å²) in [6, 6.07) is 90.2. The normalized spacial score (nSPS) is 12.6. The molecule has 0 saturated carbocycles. The molecule has 12 rings (SSSR count). The van der Waals surface area contributed by atoms with Gasteiger partial charge in [0.05, 0.1) is 11.1 Å². The molecule has 1 aliphatic rings. The van der Waals surface area contributed by atoms with E-state index >= 15 is 0 Å². The Balaban J connectivity index is 1.10. The average molecular weight is 804 g/mol. The van der Waals surface area contributed by atoms with E-state index < -0.39 is 5.41 Å². The lowest BCUT2D eigenvalue weighted by atomic mass is 9.68. The first-order valence-corrected chi connectivity index (χ1v) is 21.7. The van der Waals surface area contributed by atoms with Gasteiger partial charge in [0, 0.05) is 27.7 Å².